The maximum Gasteiger partial charge on any atom is 0.418 e. The molecule has 0 amide bonds. The number of anilines is 2. The van der Waals surface area contributed by atoms with Gasteiger partial charge in [-0.3, -0.25) is 20.2 Å². The average Bonchev–Trinajstić information content (AvgIpc) is 2.65. The lowest BCUT2D eigenvalue weighted by Gasteiger charge is -2.27. The van der Waals surface area contributed by atoms with Crippen LogP contribution in [0.3, 0.4) is 0 Å². The number of nitrogens with zero attached hydrogens (tertiary/aromatic N) is 3. The van der Waals surface area contributed by atoms with E-state index in [0.29, 0.717) is 0 Å². The highest BCUT2D eigenvalue weighted by Crippen LogP contribution is 2.48. The van der Waals surface area contributed by atoms with Crippen LogP contribution in [0.4, 0.5) is 62.3 Å². The minimum Gasteiger partial charge on any atom is -0.336 e. The summed E-state index contributed by atoms with van der Waals surface area (Å²) >= 11 is 0. The van der Waals surface area contributed by atoms with Crippen molar-refractivity contribution in [3.8, 4) is 0 Å². The molecule has 0 saturated carbocycles. The van der Waals surface area contributed by atoms with Gasteiger partial charge in [0.05, 0.1) is 32.6 Å². The summed E-state index contributed by atoms with van der Waals surface area (Å²) in [7, 11) is 0. The number of benzene rings is 2. The maximum atomic E-state index is 13.7. The van der Waals surface area contributed by atoms with Crippen LogP contribution in [0.25, 0.3) is 0 Å². The molecule has 0 radical (unpaired) electrons. The average molecular weight is 491 g/mol. The topological polar surface area (TPSA) is 89.5 Å². The van der Waals surface area contributed by atoms with E-state index >= 15 is 0 Å². The van der Waals surface area contributed by atoms with Crippen LogP contribution in [0.1, 0.15) is 23.6 Å². The summed E-state index contributed by atoms with van der Waals surface area (Å²) in [4.78, 5) is 19.7. The molecule has 0 unspecified atom stereocenters. The van der Waals surface area contributed by atoms with Crippen LogP contribution < -0.4 is 4.90 Å². The number of halogens is 9. The molecule has 0 spiro atoms. The van der Waals surface area contributed by atoms with E-state index in [2.05, 4.69) is 0 Å². The summed E-state index contributed by atoms with van der Waals surface area (Å²) in [6.07, 6.45) is -16.2. The first-order chi connectivity index (χ1) is 14.9. The smallest absolute Gasteiger partial charge is 0.336 e. The van der Waals surface area contributed by atoms with E-state index < -0.39 is 74.4 Å². The Hall–Kier alpha value is -3.59. The molecule has 2 aromatic rings. The Bertz CT molecular complexity index is 1060. The van der Waals surface area contributed by atoms with Gasteiger partial charge >= 0.3 is 18.5 Å². The molecule has 180 valence electrons. The lowest BCUT2D eigenvalue weighted by molar-refractivity contribution is -0.394. The fourth-order valence-electron chi connectivity index (χ4n) is 2.91. The Morgan fingerprint density at radius 2 is 1.24 bits per heavy atom. The number of rotatable bonds is 5. The molecule has 0 saturated heterocycles. The summed E-state index contributed by atoms with van der Waals surface area (Å²) in [6.45, 7) is 0.249. The second-order valence-electron chi connectivity index (χ2n) is 6.38. The van der Waals surface area contributed by atoms with Gasteiger partial charge in [-0.05, 0) is 25.1 Å². The first-order valence-electron chi connectivity index (χ1n) is 8.49. The molecule has 0 heterocycles. The van der Waals surface area contributed by atoms with E-state index in [-0.39, 0.29) is 35.2 Å². The van der Waals surface area contributed by atoms with Crippen molar-refractivity contribution in [3.05, 3.63) is 67.3 Å². The highest BCUT2D eigenvalue weighted by Gasteiger charge is 2.43. The highest BCUT2D eigenvalue weighted by atomic mass is 19.4. The molecule has 0 aromatic heterocycles. The van der Waals surface area contributed by atoms with Gasteiger partial charge in [0.2, 0.25) is 0 Å². The zero-order valence-electron chi connectivity index (χ0n) is 16.0. The van der Waals surface area contributed by atoms with Gasteiger partial charge in [0.25, 0.3) is 11.4 Å². The molecule has 0 aliphatic heterocycles. The highest BCUT2D eigenvalue weighted by molar-refractivity contribution is 5.79. The van der Waals surface area contributed by atoms with Crippen LogP contribution >= 0.6 is 0 Å². The van der Waals surface area contributed by atoms with E-state index in [1.807, 2.05) is 0 Å². The number of nitro groups is 2. The van der Waals surface area contributed by atoms with Crippen molar-refractivity contribution in [1.29, 1.82) is 0 Å². The zero-order valence-corrected chi connectivity index (χ0v) is 16.0. The molecule has 2 rings (SSSR count). The van der Waals surface area contributed by atoms with E-state index in [0.717, 1.165) is 6.92 Å². The fourth-order valence-corrected chi connectivity index (χ4v) is 2.91. The van der Waals surface area contributed by atoms with Crippen LogP contribution in [-0.4, -0.2) is 16.4 Å². The van der Waals surface area contributed by atoms with E-state index in [1.54, 1.807) is 0 Å². The Morgan fingerprint density at radius 3 is 1.58 bits per heavy atom. The van der Waals surface area contributed by atoms with Crippen LogP contribution in [0.15, 0.2) is 30.3 Å². The monoisotopic (exact) mass is 491 g/mol. The number of nitro benzene ring substituents is 2. The molecule has 2 aromatic carbocycles. The van der Waals surface area contributed by atoms with Crippen molar-refractivity contribution in [3.63, 3.8) is 0 Å². The number of hydrogen-bond donors (Lipinski definition) is 0. The largest absolute Gasteiger partial charge is 0.418 e. The fraction of sp³-hybridized carbons (Fsp3) is 0.294. The maximum absolute atomic E-state index is 13.7. The molecule has 0 aliphatic rings. The predicted molar refractivity (Wildman–Crippen MR) is 93.9 cm³/mol. The summed E-state index contributed by atoms with van der Waals surface area (Å²) in [6, 6.07) is -0.0604. The number of hydrogen-bond acceptors (Lipinski definition) is 5. The lowest BCUT2D eigenvalue weighted by Crippen LogP contribution is -2.23. The van der Waals surface area contributed by atoms with Gasteiger partial charge in [-0.2, -0.15) is 39.5 Å². The van der Waals surface area contributed by atoms with Crippen LogP contribution in [0.2, 0.25) is 0 Å². The van der Waals surface area contributed by atoms with Crippen molar-refractivity contribution >= 4 is 22.7 Å². The van der Waals surface area contributed by atoms with Gasteiger partial charge in [-0.15, -0.1) is 0 Å². The van der Waals surface area contributed by atoms with Crippen molar-refractivity contribution < 1.29 is 49.4 Å². The summed E-state index contributed by atoms with van der Waals surface area (Å²) in [5, 5.41) is 22.3. The molecular formula is C17H10F9N3O4. The molecule has 0 bridgehead atoms. The second kappa shape index (κ2) is 8.40. The van der Waals surface area contributed by atoms with E-state index in [1.165, 1.54) is 0 Å². The Balaban J connectivity index is 2.99. The van der Waals surface area contributed by atoms with Gasteiger partial charge in [-0.1, -0.05) is 0 Å². The van der Waals surface area contributed by atoms with Gasteiger partial charge < -0.3 is 4.90 Å². The van der Waals surface area contributed by atoms with Crippen molar-refractivity contribution in [2.45, 2.75) is 25.5 Å². The second-order valence-corrected chi connectivity index (χ2v) is 6.38. The Kier molecular flexibility index (Phi) is 6.53. The molecule has 16 heteroatoms. The minimum atomic E-state index is -5.49. The Labute approximate surface area is 177 Å². The molecule has 0 atom stereocenters. The van der Waals surface area contributed by atoms with Crippen LogP contribution in [0.5, 0.6) is 0 Å². The summed E-state index contributed by atoms with van der Waals surface area (Å²) < 4.78 is 120. The standard InChI is InChI=1S/C17H10F9N3O4/c1-2-27(10-4-8(15(18,19)20)3-9(5-10)16(21,22)23)14-12(17(24,25)26)6-11(28(30)31)7-13(14)29(32)33/h3-7H,2H2,1H3. The van der Waals surface area contributed by atoms with Gasteiger partial charge in [0.15, 0.2) is 0 Å². The normalized spacial score (nSPS) is 12.5. The van der Waals surface area contributed by atoms with Crippen LogP contribution in [-0.2, 0) is 18.5 Å². The SMILES string of the molecule is CCN(c1cc(C(F)(F)F)cc(C(F)(F)F)c1)c1c([N+](=O)[O-])cc([N+](=O)[O-])cc1C(F)(F)F. The van der Waals surface area contributed by atoms with Crippen molar-refractivity contribution in [1.82, 2.24) is 0 Å². The van der Waals surface area contributed by atoms with Gasteiger partial charge in [0.1, 0.15) is 5.69 Å². The third-order valence-electron chi connectivity index (χ3n) is 4.26. The third kappa shape index (κ3) is 5.43. The van der Waals surface area contributed by atoms with Crippen molar-refractivity contribution in [2.24, 2.45) is 0 Å². The molecule has 0 fully saturated rings. The molecule has 33 heavy (non-hydrogen) atoms. The Morgan fingerprint density at radius 1 is 0.758 bits per heavy atom. The lowest BCUT2D eigenvalue weighted by atomic mass is 10.0. The predicted octanol–water partition coefficient (Wildman–Crippen LogP) is 6.72. The first-order valence-corrected chi connectivity index (χ1v) is 8.49. The summed E-state index contributed by atoms with van der Waals surface area (Å²) in [5.41, 5.74) is -11.2. The van der Waals surface area contributed by atoms with Crippen LogP contribution in [0, 0.1) is 20.2 Å². The van der Waals surface area contributed by atoms with Crippen molar-refractivity contribution in [2.75, 3.05) is 11.4 Å². The number of alkyl halides is 9. The first kappa shape index (κ1) is 25.7. The minimum absolute atomic E-state index is 0.0873. The van der Waals surface area contributed by atoms with E-state index in [9.17, 15) is 59.7 Å². The van der Waals surface area contributed by atoms with Gasteiger partial charge in [-0.25, -0.2) is 0 Å². The van der Waals surface area contributed by atoms with E-state index in [4.69, 9.17) is 0 Å². The molecule has 0 aliphatic carbocycles. The molecular weight excluding hydrogens is 481 g/mol. The van der Waals surface area contributed by atoms with Gasteiger partial charge in [0, 0.05) is 18.3 Å². The molecule has 0 N–H and O–H groups in total. The summed E-state index contributed by atoms with van der Waals surface area (Å²) in [5.74, 6) is 0. The quantitative estimate of drug-likeness (QED) is 0.263. The molecule has 7 nitrogen and oxygen atoms in total. The third-order valence-corrected chi connectivity index (χ3v) is 4.26. The zero-order chi connectivity index (χ0) is 25.5. The number of non-ortho nitro benzene ring substituents is 1.